The van der Waals surface area contributed by atoms with Gasteiger partial charge in [-0.3, -0.25) is 4.79 Å². The van der Waals surface area contributed by atoms with Crippen LogP contribution in [-0.2, 0) is 23.7 Å². The summed E-state index contributed by atoms with van der Waals surface area (Å²) in [7, 11) is 0. The Morgan fingerprint density at radius 1 is 0.532 bits per heavy atom. The van der Waals surface area contributed by atoms with Crippen LogP contribution in [0.5, 0.6) is 0 Å². The van der Waals surface area contributed by atoms with Gasteiger partial charge in [0.1, 0.15) is 30.5 Å². The molecule has 0 aromatic heterocycles. The zero-order valence-electron chi connectivity index (χ0n) is 39.6. The van der Waals surface area contributed by atoms with E-state index < -0.39 is 43.4 Å². The van der Waals surface area contributed by atoms with Crippen molar-refractivity contribution < 1.29 is 44.2 Å². The fourth-order valence-electron chi connectivity index (χ4n) is 7.48. The minimum atomic E-state index is -1.54. The number of hydrogen-bond donors (Lipinski definition) is 4. The van der Waals surface area contributed by atoms with Gasteiger partial charge in [0.15, 0.2) is 6.29 Å². The first kappa shape index (κ1) is 57.9. The third kappa shape index (κ3) is 34.3. The summed E-state index contributed by atoms with van der Waals surface area (Å²) in [5, 5.41) is 40.2. The van der Waals surface area contributed by atoms with Gasteiger partial charge in [0.25, 0.3) is 0 Å². The number of aliphatic hydroxyl groups is 4. The summed E-state index contributed by atoms with van der Waals surface area (Å²) in [5.41, 5.74) is 0. The Morgan fingerprint density at radius 2 is 0.984 bits per heavy atom. The molecular formula is C53H94O9. The number of carbonyl (C=O) groups excluding carboxylic acids is 1. The van der Waals surface area contributed by atoms with Crippen LogP contribution in [0.1, 0.15) is 206 Å². The second-order valence-electron chi connectivity index (χ2n) is 17.2. The maximum atomic E-state index is 12.8. The van der Waals surface area contributed by atoms with E-state index in [1.807, 2.05) is 0 Å². The molecule has 1 heterocycles. The number of carbonyl (C=O) groups is 1. The quantitative estimate of drug-likeness (QED) is 0.0268. The zero-order chi connectivity index (χ0) is 45.0. The van der Waals surface area contributed by atoms with Crippen molar-refractivity contribution in [1.82, 2.24) is 0 Å². The molecule has 4 N–H and O–H groups in total. The van der Waals surface area contributed by atoms with Gasteiger partial charge in [0.2, 0.25) is 0 Å². The summed E-state index contributed by atoms with van der Waals surface area (Å²) in [6, 6.07) is 0. The summed E-state index contributed by atoms with van der Waals surface area (Å²) < 4.78 is 22.9. The van der Waals surface area contributed by atoms with Crippen molar-refractivity contribution >= 4 is 5.97 Å². The fourth-order valence-corrected chi connectivity index (χ4v) is 7.48. The Labute approximate surface area is 379 Å². The molecular weight excluding hydrogens is 781 g/mol. The lowest BCUT2D eigenvalue weighted by Gasteiger charge is -2.39. The number of rotatable bonds is 43. The molecule has 9 nitrogen and oxygen atoms in total. The standard InChI is InChI=1S/C53H94O9/c1-3-5-7-9-11-13-15-17-18-19-20-21-22-23-24-25-26-27-28-29-31-33-35-37-39-41-43-59-45-47(46-60-53-52(58)51(57)50(56)48(44-54)62-53)61-49(55)42-40-38-36-34-32-30-16-14-12-10-8-6-4-2/h5,7,11,13-14,16-18,20-21,47-48,50-54,56-58H,3-4,6,8-10,12,15,19,22-46H2,1-2H3/b7-5-,13-11-,16-14-,18-17-,21-20-. The van der Waals surface area contributed by atoms with Crippen molar-refractivity contribution in [3.05, 3.63) is 60.8 Å². The molecule has 1 aliphatic heterocycles. The van der Waals surface area contributed by atoms with Crippen molar-refractivity contribution in [3.8, 4) is 0 Å². The van der Waals surface area contributed by atoms with Crippen molar-refractivity contribution in [2.45, 2.75) is 243 Å². The van der Waals surface area contributed by atoms with Crippen LogP contribution in [-0.4, -0.2) is 89.6 Å². The van der Waals surface area contributed by atoms with Gasteiger partial charge in [-0.25, -0.2) is 0 Å². The van der Waals surface area contributed by atoms with E-state index in [2.05, 4.69) is 74.6 Å². The molecule has 0 amide bonds. The molecule has 0 saturated carbocycles. The molecule has 9 heteroatoms. The lowest BCUT2D eigenvalue weighted by molar-refractivity contribution is -0.305. The average molecular weight is 875 g/mol. The number of allylic oxidation sites excluding steroid dienone is 10. The Kier molecular flexibility index (Phi) is 41.2. The van der Waals surface area contributed by atoms with E-state index in [0.29, 0.717) is 13.0 Å². The van der Waals surface area contributed by atoms with Gasteiger partial charge in [-0.1, -0.05) is 184 Å². The molecule has 1 saturated heterocycles. The van der Waals surface area contributed by atoms with E-state index in [4.69, 9.17) is 18.9 Å². The van der Waals surface area contributed by atoms with Gasteiger partial charge in [0, 0.05) is 13.0 Å². The largest absolute Gasteiger partial charge is 0.457 e. The first-order valence-electron chi connectivity index (χ1n) is 25.4. The molecule has 6 unspecified atom stereocenters. The Balaban J connectivity index is 2.16. The van der Waals surface area contributed by atoms with Gasteiger partial charge < -0.3 is 39.4 Å². The van der Waals surface area contributed by atoms with E-state index in [-0.39, 0.29) is 19.2 Å². The highest BCUT2D eigenvalue weighted by molar-refractivity contribution is 5.69. The number of ether oxygens (including phenoxy) is 4. The lowest BCUT2D eigenvalue weighted by Crippen LogP contribution is -2.59. The number of aliphatic hydroxyl groups excluding tert-OH is 4. The molecule has 1 rings (SSSR count). The molecule has 0 aromatic rings. The molecule has 1 aliphatic rings. The van der Waals surface area contributed by atoms with E-state index >= 15 is 0 Å². The monoisotopic (exact) mass is 875 g/mol. The van der Waals surface area contributed by atoms with Crippen LogP contribution in [0.25, 0.3) is 0 Å². The Morgan fingerprint density at radius 3 is 1.50 bits per heavy atom. The summed E-state index contributed by atoms with van der Waals surface area (Å²) in [4.78, 5) is 12.8. The Bertz CT molecular complexity index is 1130. The van der Waals surface area contributed by atoms with Crippen molar-refractivity contribution in [2.75, 3.05) is 26.4 Å². The summed E-state index contributed by atoms with van der Waals surface area (Å²) in [6.07, 6.45) is 49.7. The molecule has 62 heavy (non-hydrogen) atoms. The molecule has 0 bridgehead atoms. The van der Waals surface area contributed by atoms with Crippen LogP contribution in [0.3, 0.4) is 0 Å². The fraction of sp³-hybridized carbons (Fsp3) is 0.792. The summed E-state index contributed by atoms with van der Waals surface area (Å²) >= 11 is 0. The highest BCUT2D eigenvalue weighted by Gasteiger charge is 2.44. The second kappa shape index (κ2) is 44.1. The van der Waals surface area contributed by atoms with Gasteiger partial charge in [-0.05, 0) is 77.0 Å². The summed E-state index contributed by atoms with van der Waals surface area (Å²) in [6.45, 7) is 4.42. The van der Waals surface area contributed by atoms with Crippen molar-refractivity contribution in [3.63, 3.8) is 0 Å². The van der Waals surface area contributed by atoms with Crippen LogP contribution >= 0.6 is 0 Å². The lowest BCUT2D eigenvalue weighted by atomic mass is 9.99. The molecule has 0 aliphatic carbocycles. The van der Waals surface area contributed by atoms with E-state index in [9.17, 15) is 25.2 Å². The number of unbranched alkanes of at least 4 members (excludes halogenated alkanes) is 22. The SMILES string of the molecule is CC/C=C\C/C=C\C/C=C\C/C=C\CCCCCCCCCCCCCCCOCC(COC1OC(CO)C(O)C(O)C1O)OC(=O)CCCCCCC/C=C\CCCCCC. The first-order valence-corrected chi connectivity index (χ1v) is 25.4. The van der Waals surface area contributed by atoms with Crippen molar-refractivity contribution in [2.24, 2.45) is 0 Å². The normalized spacial score (nSPS) is 20.3. The van der Waals surface area contributed by atoms with Gasteiger partial charge in [0.05, 0.1) is 19.8 Å². The molecule has 1 fully saturated rings. The van der Waals surface area contributed by atoms with Crippen LogP contribution in [0.2, 0.25) is 0 Å². The van der Waals surface area contributed by atoms with Crippen LogP contribution in [0, 0.1) is 0 Å². The molecule has 6 atom stereocenters. The number of esters is 1. The third-order valence-electron chi connectivity index (χ3n) is 11.4. The maximum absolute atomic E-state index is 12.8. The highest BCUT2D eigenvalue weighted by Crippen LogP contribution is 2.23. The smallest absolute Gasteiger partial charge is 0.306 e. The molecule has 360 valence electrons. The Hall–Kier alpha value is -2.11. The van der Waals surface area contributed by atoms with Gasteiger partial charge in [-0.2, -0.15) is 0 Å². The van der Waals surface area contributed by atoms with E-state index in [0.717, 1.165) is 70.6 Å². The van der Waals surface area contributed by atoms with Crippen molar-refractivity contribution in [1.29, 1.82) is 0 Å². The van der Waals surface area contributed by atoms with Crippen LogP contribution in [0.15, 0.2) is 60.8 Å². The molecule has 0 radical (unpaired) electrons. The number of hydrogen-bond acceptors (Lipinski definition) is 9. The van der Waals surface area contributed by atoms with Crippen LogP contribution < -0.4 is 0 Å². The minimum Gasteiger partial charge on any atom is -0.457 e. The van der Waals surface area contributed by atoms with Gasteiger partial charge in [-0.15, -0.1) is 0 Å². The third-order valence-corrected chi connectivity index (χ3v) is 11.4. The molecule has 0 aromatic carbocycles. The van der Waals surface area contributed by atoms with Crippen LogP contribution in [0.4, 0.5) is 0 Å². The first-order chi connectivity index (χ1) is 30.4. The van der Waals surface area contributed by atoms with Gasteiger partial charge >= 0.3 is 5.97 Å². The average Bonchev–Trinajstić information content (AvgIpc) is 3.27. The molecule has 0 spiro atoms. The van der Waals surface area contributed by atoms with E-state index in [1.165, 1.54) is 116 Å². The maximum Gasteiger partial charge on any atom is 0.306 e. The minimum absolute atomic E-state index is 0.118. The predicted octanol–water partition coefficient (Wildman–Crippen LogP) is 12.3. The predicted molar refractivity (Wildman–Crippen MR) is 256 cm³/mol. The second-order valence-corrected chi connectivity index (χ2v) is 17.2. The summed E-state index contributed by atoms with van der Waals surface area (Å²) in [5.74, 6) is -0.324. The zero-order valence-corrected chi connectivity index (χ0v) is 39.6. The topological polar surface area (TPSA) is 135 Å². The van der Waals surface area contributed by atoms with E-state index in [1.54, 1.807) is 0 Å². The highest BCUT2D eigenvalue weighted by atomic mass is 16.7.